The van der Waals surface area contributed by atoms with Crippen LogP contribution in [0.2, 0.25) is 0 Å². The second-order valence-electron chi connectivity index (χ2n) is 2.95. The van der Waals surface area contributed by atoms with E-state index in [-0.39, 0.29) is 11.0 Å². The van der Waals surface area contributed by atoms with Gasteiger partial charge in [-0.2, -0.15) is 0 Å². The lowest BCUT2D eigenvalue weighted by Gasteiger charge is -2.03. The molecule has 0 saturated heterocycles. The fourth-order valence-corrected chi connectivity index (χ4v) is 1.82. The molecule has 2 aromatic rings. The predicted molar refractivity (Wildman–Crippen MR) is 53.0 cm³/mol. The highest BCUT2D eigenvalue weighted by Crippen LogP contribution is 2.20. The first-order valence-corrected chi connectivity index (χ1v) is 4.77. The van der Waals surface area contributed by atoms with Crippen LogP contribution >= 0.6 is 11.3 Å². The van der Waals surface area contributed by atoms with Crippen molar-refractivity contribution in [3.05, 3.63) is 33.5 Å². The van der Waals surface area contributed by atoms with Gasteiger partial charge in [-0.25, -0.2) is 4.79 Å². The molecule has 0 radical (unpaired) electrons. The van der Waals surface area contributed by atoms with Gasteiger partial charge in [-0.05, 0) is 24.6 Å². The zero-order chi connectivity index (χ0) is 9.42. The van der Waals surface area contributed by atoms with E-state index in [4.69, 9.17) is 10.2 Å². The Bertz CT molecular complexity index is 484. The van der Waals surface area contributed by atoms with Crippen molar-refractivity contribution in [3.8, 4) is 0 Å². The summed E-state index contributed by atoms with van der Waals surface area (Å²) in [5.74, 6) is 0. The number of rotatable bonds is 1. The van der Waals surface area contributed by atoms with Gasteiger partial charge in [-0.3, -0.25) is 0 Å². The van der Waals surface area contributed by atoms with Crippen LogP contribution in [0.1, 0.15) is 18.5 Å². The largest absolute Gasteiger partial charge is 0.414 e. The lowest BCUT2D eigenvalue weighted by Crippen LogP contribution is -2.03. The Morgan fingerprint density at radius 2 is 2.31 bits per heavy atom. The SMILES string of the molecule is CC(N)c1ccc2sc(=O)oc2c1. The Kier molecular flexibility index (Phi) is 1.94. The molecule has 2 rings (SSSR count). The summed E-state index contributed by atoms with van der Waals surface area (Å²) in [6.07, 6.45) is 0. The summed E-state index contributed by atoms with van der Waals surface area (Å²) in [5.41, 5.74) is 7.31. The highest BCUT2D eigenvalue weighted by atomic mass is 32.1. The number of hydrogen-bond acceptors (Lipinski definition) is 4. The molecule has 2 N–H and O–H groups in total. The normalized spacial score (nSPS) is 13.4. The summed E-state index contributed by atoms with van der Waals surface area (Å²) >= 11 is 1.11. The van der Waals surface area contributed by atoms with Crippen LogP contribution in [-0.4, -0.2) is 0 Å². The molecule has 1 heterocycles. The summed E-state index contributed by atoms with van der Waals surface area (Å²) in [5, 5.41) is 0. The summed E-state index contributed by atoms with van der Waals surface area (Å²) in [6, 6.07) is 5.56. The minimum atomic E-state index is -0.267. The van der Waals surface area contributed by atoms with E-state index in [2.05, 4.69) is 0 Å². The lowest BCUT2D eigenvalue weighted by atomic mass is 10.1. The van der Waals surface area contributed by atoms with Crippen LogP contribution in [0.25, 0.3) is 10.3 Å². The molecule has 0 aliphatic heterocycles. The molecule has 1 aromatic heterocycles. The van der Waals surface area contributed by atoms with Crippen LogP contribution in [0.5, 0.6) is 0 Å². The topological polar surface area (TPSA) is 56.2 Å². The molecule has 0 bridgehead atoms. The Morgan fingerprint density at radius 1 is 1.54 bits per heavy atom. The molecule has 0 aliphatic rings. The first-order valence-electron chi connectivity index (χ1n) is 3.96. The highest BCUT2D eigenvalue weighted by Gasteiger charge is 2.04. The van der Waals surface area contributed by atoms with Crippen LogP contribution in [-0.2, 0) is 0 Å². The molecule has 13 heavy (non-hydrogen) atoms. The average molecular weight is 195 g/mol. The zero-order valence-corrected chi connectivity index (χ0v) is 7.93. The lowest BCUT2D eigenvalue weighted by molar-refractivity contribution is 0.584. The third kappa shape index (κ3) is 1.50. The minimum Gasteiger partial charge on any atom is -0.414 e. The molecule has 0 saturated carbocycles. The minimum absolute atomic E-state index is 0.0328. The molecule has 0 fully saturated rings. The first-order chi connectivity index (χ1) is 6.16. The number of fused-ring (bicyclic) bond motifs is 1. The van der Waals surface area contributed by atoms with E-state index in [1.165, 1.54) is 0 Å². The Labute approximate surface area is 78.8 Å². The van der Waals surface area contributed by atoms with Crippen LogP contribution < -0.4 is 10.7 Å². The summed E-state index contributed by atoms with van der Waals surface area (Å²) in [7, 11) is 0. The van der Waals surface area contributed by atoms with Gasteiger partial charge in [-0.1, -0.05) is 17.4 Å². The molecule has 0 aliphatic carbocycles. The standard InChI is InChI=1S/C9H9NO2S/c1-5(10)6-2-3-8-7(4-6)12-9(11)13-8/h2-5H,10H2,1H3. The highest BCUT2D eigenvalue weighted by molar-refractivity contribution is 7.16. The smallest absolute Gasteiger partial charge is 0.396 e. The van der Waals surface area contributed by atoms with E-state index in [0.717, 1.165) is 21.6 Å². The molecule has 4 heteroatoms. The number of benzene rings is 1. The zero-order valence-electron chi connectivity index (χ0n) is 7.11. The maximum absolute atomic E-state index is 10.9. The second-order valence-corrected chi connectivity index (χ2v) is 3.93. The van der Waals surface area contributed by atoms with E-state index in [9.17, 15) is 4.79 Å². The van der Waals surface area contributed by atoms with Crippen LogP contribution in [0.3, 0.4) is 0 Å². The quantitative estimate of drug-likeness (QED) is 0.755. The Balaban J connectivity index is 2.68. The van der Waals surface area contributed by atoms with Gasteiger partial charge in [0.05, 0.1) is 4.70 Å². The fraction of sp³-hybridized carbons (Fsp3) is 0.222. The van der Waals surface area contributed by atoms with Crippen molar-refractivity contribution in [2.45, 2.75) is 13.0 Å². The maximum atomic E-state index is 10.9. The molecule has 0 amide bonds. The summed E-state index contributed by atoms with van der Waals surface area (Å²) in [4.78, 5) is 10.6. The molecule has 1 unspecified atom stereocenters. The van der Waals surface area contributed by atoms with Gasteiger partial charge in [0.1, 0.15) is 5.58 Å². The summed E-state index contributed by atoms with van der Waals surface area (Å²) < 4.78 is 5.84. The summed E-state index contributed by atoms with van der Waals surface area (Å²) in [6.45, 7) is 1.89. The van der Waals surface area contributed by atoms with Gasteiger partial charge < -0.3 is 10.2 Å². The number of hydrogen-bond donors (Lipinski definition) is 1. The van der Waals surface area contributed by atoms with Gasteiger partial charge in [0.2, 0.25) is 0 Å². The van der Waals surface area contributed by atoms with E-state index in [1.54, 1.807) is 0 Å². The molecule has 68 valence electrons. The van der Waals surface area contributed by atoms with Crippen molar-refractivity contribution in [2.75, 3.05) is 0 Å². The van der Waals surface area contributed by atoms with Crippen molar-refractivity contribution in [3.63, 3.8) is 0 Å². The van der Waals surface area contributed by atoms with Crippen molar-refractivity contribution in [2.24, 2.45) is 5.73 Å². The van der Waals surface area contributed by atoms with Crippen molar-refractivity contribution < 1.29 is 4.42 Å². The van der Waals surface area contributed by atoms with E-state index < -0.39 is 0 Å². The second kappa shape index (κ2) is 2.97. The maximum Gasteiger partial charge on any atom is 0.396 e. The van der Waals surface area contributed by atoms with E-state index >= 15 is 0 Å². The molecule has 3 nitrogen and oxygen atoms in total. The van der Waals surface area contributed by atoms with Crippen LogP contribution in [0.4, 0.5) is 0 Å². The van der Waals surface area contributed by atoms with Gasteiger partial charge in [-0.15, -0.1) is 0 Å². The van der Waals surface area contributed by atoms with E-state index in [1.807, 2.05) is 25.1 Å². The Hall–Kier alpha value is -1.13. The van der Waals surface area contributed by atoms with Crippen molar-refractivity contribution in [1.29, 1.82) is 0 Å². The third-order valence-electron chi connectivity index (χ3n) is 1.88. The fourth-order valence-electron chi connectivity index (χ4n) is 1.17. The van der Waals surface area contributed by atoms with Gasteiger partial charge in [0.15, 0.2) is 0 Å². The van der Waals surface area contributed by atoms with Gasteiger partial charge >= 0.3 is 4.94 Å². The predicted octanol–water partition coefficient (Wildman–Crippen LogP) is 1.87. The average Bonchev–Trinajstić information content (AvgIpc) is 2.42. The van der Waals surface area contributed by atoms with Gasteiger partial charge in [0.25, 0.3) is 0 Å². The molecular weight excluding hydrogens is 186 g/mol. The van der Waals surface area contributed by atoms with E-state index in [0.29, 0.717) is 5.58 Å². The molecular formula is C9H9NO2S. The third-order valence-corrected chi connectivity index (χ3v) is 2.69. The molecule has 1 aromatic carbocycles. The monoisotopic (exact) mass is 195 g/mol. The van der Waals surface area contributed by atoms with Crippen LogP contribution in [0.15, 0.2) is 27.4 Å². The van der Waals surface area contributed by atoms with Crippen LogP contribution in [0, 0.1) is 0 Å². The van der Waals surface area contributed by atoms with Gasteiger partial charge in [0, 0.05) is 6.04 Å². The number of nitrogens with two attached hydrogens (primary N) is 1. The van der Waals surface area contributed by atoms with Crippen molar-refractivity contribution in [1.82, 2.24) is 0 Å². The first kappa shape index (κ1) is 8.47. The van der Waals surface area contributed by atoms with Crippen molar-refractivity contribution >= 4 is 21.6 Å². The Morgan fingerprint density at radius 3 is 3.00 bits per heavy atom. The molecule has 0 spiro atoms. The molecule has 1 atom stereocenters.